The first-order valence-electron chi connectivity index (χ1n) is 4.50. The van der Waals surface area contributed by atoms with Crippen molar-refractivity contribution in [2.24, 2.45) is 0 Å². The van der Waals surface area contributed by atoms with Crippen molar-refractivity contribution in [3.63, 3.8) is 0 Å². The molecule has 0 spiro atoms. The quantitative estimate of drug-likeness (QED) is 0.593. The molecule has 0 amide bonds. The monoisotopic (exact) mass is 171 g/mol. The van der Waals surface area contributed by atoms with Gasteiger partial charge in [0.25, 0.3) is 0 Å². The van der Waals surface area contributed by atoms with Gasteiger partial charge >= 0.3 is 0 Å². The van der Waals surface area contributed by atoms with E-state index < -0.39 is 0 Å². The van der Waals surface area contributed by atoms with Gasteiger partial charge in [0.2, 0.25) is 0 Å². The molecule has 1 heteroatoms. The highest BCUT2D eigenvalue weighted by Gasteiger charge is 2.02. The fraction of sp³-hybridized carbons (Fsp3) is 0.250. The Hall–Kier alpha value is -1.37. The molecule has 1 aromatic carbocycles. The standard InChI is InChI=1S/C12H13N/c1-8-6-11-7-13-5-4-12(11)10(3)9(8)2/h4-7H,1-3H3. The lowest BCUT2D eigenvalue weighted by Gasteiger charge is -2.08. The lowest BCUT2D eigenvalue weighted by atomic mass is 9.98. The molecular formula is C12H13N. The molecule has 0 saturated carbocycles. The van der Waals surface area contributed by atoms with E-state index in [-0.39, 0.29) is 0 Å². The zero-order valence-corrected chi connectivity index (χ0v) is 8.26. The normalized spacial score (nSPS) is 10.7. The number of aromatic nitrogens is 1. The molecule has 0 aliphatic rings. The SMILES string of the molecule is Cc1cc2cnccc2c(C)c1C. The van der Waals surface area contributed by atoms with Crippen molar-refractivity contribution >= 4 is 10.8 Å². The molecule has 2 aromatic rings. The highest BCUT2D eigenvalue weighted by molar-refractivity contribution is 5.86. The van der Waals surface area contributed by atoms with Crippen LogP contribution in [0, 0.1) is 20.8 Å². The summed E-state index contributed by atoms with van der Waals surface area (Å²) in [5.41, 5.74) is 4.11. The number of fused-ring (bicyclic) bond motifs is 1. The largest absolute Gasteiger partial charge is 0.264 e. The second-order valence-electron chi connectivity index (χ2n) is 3.54. The van der Waals surface area contributed by atoms with Gasteiger partial charge in [0, 0.05) is 17.8 Å². The van der Waals surface area contributed by atoms with E-state index in [1.165, 1.54) is 27.5 Å². The van der Waals surface area contributed by atoms with Gasteiger partial charge in [-0.05, 0) is 55.0 Å². The van der Waals surface area contributed by atoms with Crippen LogP contribution in [0.25, 0.3) is 10.8 Å². The van der Waals surface area contributed by atoms with E-state index in [9.17, 15) is 0 Å². The third kappa shape index (κ3) is 1.21. The van der Waals surface area contributed by atoms with Gasteiger partial charge in [-0.25, -0.2) is 0 Å². The van der Waals surface area contributed by atoms with Gasteiger partial charge in [0.05, 0.1) is 0 Å². The maximum Gasteiger partial charge on any atom is 0.0346 e. The predicted octanol–water partition coefficient (Wildman–Crippen LogP) is 3.16. The number of rotatable bonds is 0. The lowest BCUT2D eigenvalue weighted by Crippen LogP contribution is -1.88. The first-order valence-corrected chi connectivity index (χ1v) is 4.50. The molecular weight excluding hydrogens is 158 g/mol. The summed E-state index contributed by atoms with van der Waals surface area (Å²) in [5.74, 6) is 0. The molecule has 13 heavy (non-hydrogen) atoms. The summed E-state index contributed by atoms with van der Waals surface area (Å²) in [6, 6.07) is 4.28. The van der Waals surface area contributed by atoms with Crippen molar-refractivity contribution in [1.82, 2.24) is 4.98 Å². The van der Waals surface area contributed by atoms with Crippen LogP contribution in [0.3, 0.4) is 0 Å². The smallest absolute Gasteiger partial charge is 0.0346 e. The number of benzene rings is 1. The third-order valence-electron chi connectivity index (χ3n) is 2.78. The Morgan fingerprint density at radius 1 is 1.08 bits per heavy atom. The van der Waals surface area contributed by atoms with Crippen molar-refractivity contribution in [3.05, 3.63) is 41.2 Å². The minimum Gasteiger partial charge on any atom is -0.264 e. The van der Waals surface area contributed by atoms with Crippen LogP contribution < -0.4 is 0 Å². The first kappa shape index (κ1) is 8.24. The fourth-order valence-electron chi connectivity index (χ4n) is 1.70. The lowest BCUT2D eigenvalue weighted by molar-refractivity contribution is 1.28. The van der Waals surface area contributed by atoms with E-state index in [0.29, 0.717) is 0 Å². The van der Waals surface area contributed by atoms with E-state index in [1.807, 2.05) is 12.4 Å². The maximum atomic E-state index is 4.12. The number of hydrogen-bond donors (Lipinski definition) is 0. The van der Waals surface area contributed by atoms with Gasteiger partial charge in [0.15, 0.2) is 0 Å². The minimum absolute atomic E-state index is 1.24. The molecule has 0 bridgehead atoms. The average Bonchev–Trinajstić information content (AvgIpc) is 2.15. The summed E-state index contributed by atoms with van der Waals surface area (Å²) < 4.78 is 0. The fourth-order valence-corrected chi connectivity index (χ4v) is 1.70. The molecule has 0 atom stereocenters. The molecule has 2 rings (SSSR count). The molecule has 1 heterocycles. The molecule has 1 aromatic heterocycles. The van der Waals surface area contributed by atoms with Crippen molar-refractivity contribution < 1.29 is 0 Å². The van der Waals surface area contributed by atoms with Crippen molar-refractivity contribution in [2.45, 2.75) is 20.8 Å². The summed E-state index contributed by atoms with van der Waals surface area (Å²) in [6.45, 7) is 6.49. The maximum absolute atomic E-state index is 4.12. The minimum atomic E-state index is 1.24. The van der Waals surface area contributed by atoms with Crippen LogP contribution in [0.4, 0.5) is 0 Å². The molecule has 1 nitrogen and oxygen atoms in total. The Balaban J connectivity index is 2.94. The molecule has 0 N–H and O–H groups in total. The van der Waals surface area contributed by atoms with E-state index in [0.717, 1.165) is 0 Å². The van der Waals surface area contributed by atoms with Crippen LogP contribution >= 0.6 is 0 Å². The second kappa shape index (κ2) is 2.84. The second-order valence-corrected chi connectivity index (χ2v) is 3.54. The zero-order valence-electron chi connectivity index (χ0n) is 8.26. The first-order chi connectivity index (χ1) is 6.20. The van der Waals surface area contributed by atoms with Gasteiger partial charge in [-0.15, -0.1) is 0 Å². The number of aryl methyl sites for hydroxylation is 2. The van der Waals surface area contributed by atoms with Gasteiger partial charge < -0.3 is 0 Å². The summed E-state index contributed by atoms with van der Waals surface area (Å²) >= 11 is 0. The molecule has 0 saturated heterocycles. The zero-order chi connectivity index (χ0) is 9.42. The van der Waals surface area contributed by atoms with Crippen molar-refractivity contribution in [1.29, 1.82) is 0 Å². The Kier molecular flexibility index (Phi) is 1.80. The van der Waals surface area contributed by atoms with Crippen LogP contribution in [-0.2, 0) is 0 Å². The van der Waals surface area contributed by atoms with E-state index in [2.05, 4.69) is 37.9 Å². The number of nitrogens with zero attached hydrogens (tertiary/aromatic N) is 1. The Morgan fingerprint density at radius 3 is 2.62 bits per heavy atom. The van der Waals surface area contributed by atoms with Crippen molar-refractivity contribution in [2.75, 3.05) is 0 Å². The summed E-state index contributed by atoms with van der Waals surface area (Å²) in [4.78, 5) is 4.12. The summed E-state index contributed by atoms with van der Waals surface area (Å²) in [5, 5.41) is 2.56. The van der Waals surface area contributed by atoms with Crippen LogP contribution in [0.15, 0.2) is 24.5 Å². The highest BCUT2D eigenvalue weighted by atomic mass is 14.6. The molecule has 0 aliphatic carbocycles. The number of hydrogen-bond acceptors (Lipinski definition) is 1. The molecule has 0 unspecified atom stereocenters. The summed E-state index contributed by atoms with van der Waals surface area (Å²) in [6.07, 6.45) is 3.78. The predicted molar refractivity (Wildman–Crippen MR) is 56.0 cm³/mol. The topological polar surface area (TPSA) is 12.9 Å². The van der Waals surface area contributed by atoms with E-state index >= 15 is 0 Å². The van der Waals surface area contributed by atoms with Crippen LogP contribution in [0.5, 0.6) is 0 Å². The third-order valence-corrected chi connectivity index (χ3v) is 2.78. The van der Waals surface area contributed by atoms with E-state index in [1.54, 1.807) is 0 Å². The van der Waals surface area contributed by atoms with Gasteiger partial charge in [-0.3, -0.25) is 4.98 Å². The molecule has 66 valence electrons. The number of pyridine rings is 1. The van der Waals surface area contributed by atoms with Crippen LogP contribution in [-0.4, -0.2) is 4.98 Å². The van der Waals surface area contributed by atoms with Crippen molar-refractivity contribution in [3.8, 4) is 0 Å². The Labute approximate surface area is 78.4 Å². The average molecular weight is 171 g/mol. The van der Waals surface area contributed by atoms with Gasteiger partial charge in [-0.2, -0.15) is 0 Å². The molecule has 0 fully saturated rings. The van der Waals surface area contributed by atoms with Gasteiger partial charge in [-0.1, -0.05) is 0 Å². The van der Waals surface area contributed by atoms with E-state index in [4.69, 9.17) is 0 Å². The van der Waals surface area contributed by atoms with Crippen LogP contribution in [0.1, 0.15) is 16.7 Å². The highest BCUT2D eigenvalue weighted by Crippen LogP contribution is 2.23. The molecule has 0 aliphatic heterocycles. The summed E-state index contributed by atoms with van der Waals surface area (Å²) in [7, 11) is 0. The van der Waals surface area contributed by atoms with Gasteiger partial charge in [0.1, 0.15) is 0 Å². The Morgan fingerprint density at radius 2 is 1.85 bits per heavy atom. The Bertz CT molecular complexity index is 458. The molecule has 0 radical (unpaired) electrons. The van der Waals surface area contributed by atoms with Crippen LogP contribution in [0.2, 0.25) is 0 Å².